The van der Waals surface area contributed by atoms with Crippen molar-refractivity contribution in [1.82, 2.24) is 9.80 Å². The second-order valence-corrected chi connectivity index (χ2v) is 9.35. The van der Waals surface area contributed by atoms with Crippen molar-refractivity contribution in [1.29, 1.82) is 0 Å². The summed E-state index contributed by atoms with van der Waals surface area (Å²) in [4.78, 5) is 18.1. The Morgan fingerprint density at radius 3 is 2.48 bits per heavy atom. The fourth-order valence-electron chi connectivity index (χ4n) is 4.56. The molecule has 5 nitrogen and oxygen atoms in total. The summed E-state index contributed by atoms with van der Waals surface area (Å²) in [6, 6.07) is 14.0. The third kappa shape index (κ3) is 4.99. The maximum absolute atomic E-state index is 13.4. The summed E-state index contributed by atoms with van der Waals surface area (Å²) in [5.74, 6) is 2.19. The van der Waals surface area contributed by atoms with Crippen molar-refractivity contribution in [2.45, 2.75) is 38.1 Å². The number of nitrogens with zero attached hydrogens (tertiary/aromatic N) is 2. The zero-order chi connectivity index (χ0) is 21.2. The maximum Gasteiger partial charge on any atom is 0.254 e. The minimum absolute atomic E-state index is 0.129. The van der Waals surface area contributed by atoms with Crippen molar-refractivity contribution < 1.29 is 14.3 Å². The fraction of sp³-hybridized carbons (Fsp3) is 0.480. The quantitative estimate of drug-likeness (QED) is 0.629. The number of ether oxygens (including phenoxy) is 2. The summed E-state index contributed by atoms with van der Waals surface area (Å²) < 4.78 is 10.9. The smallest absolute Gasteiger partial charge is 0.254 e. The average Bonchev–Trinajstić information content (AvgIpc) is 3.50. The number of hydrogen-bond donors (Lipinski definition) is 0. The van der Waals surface area contributed by atoms with Crippen molar-refractivity contribution >= 4 is 17.5 Å². The SMILES string of the molecule is O=C(c1ccc2c(c1)OCO2)N(CC1CC1)C1CCN(CCc2ccc(Cl)cc2)CC1. The van der Waals surface area contributed by atoms with Gasteiger partial charge in [-0.2, -0.15) is 0 Å². The van der Waals surface area contributed by atoms with Gasteiger partial charge in [0.25, 0.3) is 5.91 Å². The molecule has 0 N–H and O–H groups in total. The monoisotopic (exact) mass is 440 g/mol. The lowest BCUT2D eigenvalue weighted by molar-refractivity contribution is 0.0559. The molecule has 31 heavy (non-hydrogen) atoms. The van der Waals surface area contributed by atoms with Crippen LogP contribution in [0.4, 0.5) is 0 Å². The molecule has 2 heterocycles. The molecule has 2 fully saturated rings. The van der Waals surface area contributed by atoms with E-state index < -0.39 is 0 Å². The van der Waals surface area contributed by atoms with Gasteiger partial charge in [0.1, 0.15) is 0 Å². The molecular weight excluding hydrogens is 412 g/mol. The third-order valence-corrected chi connectivity index (χ3v) is 6.91. The van der Waals surface area contributed by atoms with E-state index in [1.54, 1.807) is 0 Å². The van der Waals surface area contributed by atoms with Crippen LogP contribution in [-0.2, 0) is 6.42 Å². The molecule has 6 heteroatoms. The number of likely N-dealkylation sites (tertiary alicyclic amines) is 1. The van der Waals surface area contributed by atoms with Gasteiger partial charge < -0.3 is 19.3 Å². The topological polar surface area (TPSA) is 42.0 Å². The molecule has 0 aromatic heterocycles. The third-order valence-electron chi connectivity index (χ3n) is 6.66. The predicted octanol–water partition coefficient (Wildman–Crippen LogP) is 4.63. The molecule has 2 aromatic rings. The van der Waals surface area contributed by atoms with Crippen LogP contribution in [0, 0.1) is 5.92 Å². The van der Waals surface area contributed by atoms with Crippen molar-refractivity contribution in [3.63, 3.8) is 0 Å². The minimum Gasteiger partial charge on any atom is -0.454 e. The Balaban J connectivity index is 1.20. The first-order valence-corrected chi connectivity index (χ1v) is 11.7. The number of amides is 1. The van der Waals surface area contributed by atoms with Gasteiger partial charge in [-0.25, -0.2) is 0 Å². The van der Waals surface area contributed by atoms with Crippen LogP contribution >= 0.6 is 11.6 Å². The molecule has 1 amide bonds. The highest BCUT2D eigenvalue weighted by molar-refractivity contribution is 6.30. The largest absolute Gasteiger partial charge is 0.454 e. The molecule has 0 bridgehead atoms. The molecule has 0 spiro atoms. The number of hydrogen-bond acceptors (Lipinski definition) is 4. The molecule has 2 aromatic carbocycles. The first kappa shape index (κ1) is 20.7. The minimum atomic E-state index is 0.129. The molecule has 0 atom stereocenters. The Kier molecular flexibility index (Phi) is 6.06. The second kappa shape index (κ2) is 9.09. The molecule has 1 saturated carbocycles. The van der Waals surface area contributed by atoms with Gasteiger partial charge in [-0.15, -0.1) is 0 Å². The zero-order valence-electron chi connectivity index (χ0n) is 17.8. The van der Waals surface area contributed by atoms with Crippen molar-refractivity contribution in [3.8, 4) is 11.5 Å². The van der Waals surface area contributed by atoms with Crippen LogP contribution in [0.3, 0.4) is 0 Å². The molecule has 1 aliphatic carbocycles. The Morgan fingerprint density at radius 2 is 1.74 bits per heavy atom. The molecule has 0 radical (unpaired) electrons. The molecule has 5 rings (SSSR count). The Labute approximate surface area is 188 Å². The van der Waals surface area contributed by atoms with E-state index in [4.69, 9.17) is 21.1 Å². The average molecular weight is 441 g/mol. The summed E-state index contributed by atoms with van der Waals surface area (Å²) in [5, 5.41) is 0.785. The van der Waals surface area contributed by atoms with E-state index in [2.05, 4.69) is 21.9 Å². The Morgan fingerprint density at radius 1 is 1.00 bits per heavy atom. The summed E-state index contributed by atoms with van der Waals surface area (Å²) in [6.45, 7) is 4.23. The predicted molar refractivity (Wildman–Crippen MR) is 121 cm³/mol. The molecule has 0 unspecified atom stereocenters. The first-order chi connectivity index (χ1) is 15.2. The first-order valence-electron chi connectivity index (χ1n) is 11.3. The zero-order valence-corrected chi connectivity index (χ0v) is 18.5. The van der Waals surface area contributed by atoms with E-state index in [0.717, 1.165) is 56.2 Å². The van der Waals surface area contributed by atoms with Gasteiger partial charge in [-0.05, 0) is 73.9 Å². The highest BCUT2D eigenvalue weighted by Gasteiger charge is 2.34. The van der Waals surface area contributed by atoms with Gasteiger partial charge in [0, 0.05) is 42.8 Å². The highest BCUT2D eigenvalue weighted by atomic mass is 35.5. The van der Waals surface area contributed by atoms with E-state index >= 15 is 0 Å². The van der Waals surface area contributed by atoms with Gasteiger partial charge in [0.2, 0.25) is 6.79 Å². The summed E-state index contributed by atoms with van der Waals surface area (Å²) in [7, 11) is 0. The Hall–Kier alpha value is -2.24. The Bertz CT molecular complexity index is 921. The van der Waals surface area contributed by atoms with Gasteiger partial charge in [0.15, 0.2) is 11.5 Å². The van der Waals surface area contributed by atoms with Gasteiger partial charge >= 0.3 is 0 Å². The van der Waals surface area contributed by atoms with Crippen LogP contribution in [-0.4, -0.2) is 54.7 Å². The van der Waals surface area contributed by atoms with E-state index in [-0.39, 0.29) is 12.7 Å². The maximum atomic E-state index is 13.4. The van der Waals surface area contributed by atoms with E-state index in [1.165, 1.54) is 18.4 Å². The fourth-order valence-corrected chi connectivity index (χ4v) is 4.69. The number of halogens is 1. The van der Waals surface area contributed by atoms with Crippen LogP contribution in [0.15, 0.2) is 42.5 Å². The van der Waals surface area contributed by atoms with E-state index in [9.17, 15) is 4.79 Å². The molecule has 164 valence electrons. The van der Waals surface area contributed by atoms with Gasteiger partial charge in [-0.1, -0.05) is 23.7 Å². The van der Waals surface area contributed by atoms with Crippen LogP contribution in [0.5, 0.6) is 11.5 Å². The van der Waals surface area contributed by atoms with Crippen LogP contribution < -0.4 is 9.47 Å². The van der Waals surface area contributed by atoms with E-state index in [0.29, 0.717) is 23.3 Å². The standard InChI is InChI=1S/C25H29ClN2O3/c26-21-6-3-18(4-7-21)9-12-27-13-10-22(11-14-27)28(16-19-1-2-19)25(29)20-5-8-23-24(15-20)31-17-30-23/h3-8,15,19,22H,1-2,9-14,16-17H2. The van der Waals surface area contributed by atoms with Gasteiger partial charge in [0.05, 0.1) is 0 Å². The molecule has 1 saturated heterocycles. The van der Waals surface area contributed by atoms with Crippen LogP contribution in [0.25, 0.3) is 0 Å². The lowest BCUT2D eigenvalue weighted by Gasteiger charge is -2.39. The number of benzene rings is 2. The number of rotatable bonds is 7. The van der Waals surface area contributed by atoms with Crippen LogP contribution in [0.1, 0.15) is 41.6 Å². The molecule has 3 aliphatic rings. The van der Waals surface area contributed by atoms with Gasteiger partial charge in [-0.3, -0.25) is 4.79 Å². The van der Waals surface area contributed by atoms with Crippen molar-refractivity contribution in [2.75, 3.05) is 33.0 Å². The van der Waals surface area contributed by atoms with Crippen molar-refractivity contribution in [3.05, 3.63) is 58.6 Å². The van der Waals surface area contributed by atoms with Crippen molar-refractivity contribution in [2.24, 2.45) is 5.92 Å². The number of piperidine rings is 1. The van der Waals surface area contributed by atoms with Crippen LogP contribution in [0.2, 0.25) is 5.02 Å². The normalized spacial score (nSPS) is 18.9. The number of fused-ring (bicyclic) bond motifs is 1. The molecular formula is C25H29ClN2O3. The summed E-state index contributed by atoms with van der Waals surface area (Å²) in [5.41, 5.74) is 2.02. The lowest BCUT2D eigenvalue weighted by Crippen LogP contribution is -2.48. The second-order valence-electron chi connectivity index (χ2n) is 8.92. The highest BCUT2D eigenvalue weighted by Crippen LogP contribution is 2.35. The summed E-state index contributed by atoms with van der Waals surface area (Å²) in [6.07, 6.45) is 5.58. The number of carbonyl (C=O) groups is 1. The van der Waals surface area contributed by atoms with E-state index in [1.807, 2.05) is 30.3 Å². The number of carbonyl (C=O) groups excluding carboxylic acids is 1. The summed E-state index contributed by atoms with van der Waals surface area (Å²) >= 11 is 5.99. The lowest BCUT2D eigenvalue weighted by atomic mass is 10.0. The molecule has 2 aliphatic heterocycles.